The minimum atomic E-state index is -1.68. The van der Waals surface area contributed by atoms with Gasteiger partial charge in [-0.1, -0.05) is 20.8 Å². The van der Waals surface area contributed by atoms with Crippen molar-refractivity contribution in [1.82, 2.24) is 10.6 Å². The maximum absolute atomic E-state index is 11.1. The Labute approximate surface area is 129 Å². The molecular weight excluding hydrogens is 292 g/mol. The van der Waals surface area contributed by atoms with Gasteiger partial charge in [0.1, 0.15) is 5.88 Å². The van der Waals surface area contributed by atoms with Gasteiger partial charge in [0.05, 0.1) is 6.10 Å². The summed E-state index contributed by atoms with van der Waals surface area (Å²) in [6.07, 6.45) is 2.27. The number of alkyl halides is 1. The van der Waals surface area contributed by atoms with Gasteiger partial charge in [-0.15, -0.1) is 11.6 Å². The first-order valence-electron chi connectivity index (χ1n) is 7.39. The molecule has 0 spiro atoms. The zero-order valence-electron chi connectivity index (χ0n) is 13.4. The fourth-order valence-corrected chi connectivity index (χ4v) is 3.58. The number of hydrogen-bond acceptors (Lipinski definition) is 3. The monoisotopic (exact) mass is 320 g/mol. The third kappa shape index (κ3) is 5.35. The average Bonchev–Trinajstić information content (AvgIpc) is 2.74. The quantitative estimate of drug-likeness (QED) is 0.584. The van der Waals surface area contributed by atoms with Crippen molar-refractivity contribution in [1.29, 1.82) is 0 Å². The Bertz CT molecular complexity index is 332. The zero-order valence-corrected chi connectivity index (χ0v) is 15.1. The molecule has 0 saturated carbocycles. The largest absolute Gasteiger partial charge is 0.413 e. The smallest absolute Gasteiger partial charge is 0.234 e. The molecular formula is C14H29ClN2O2Si. The maximum atomic E-state index is 11.1. The van der Waals surface area contributed by atoms with Crippen LogP contribution in [0.4, 0.5) is 0 Å². The molecule has 0 aromatic heterocycles. The van der Waals surface area contributed by atoms with Gasteiger partial charge >= 0.3 is 0 Å². The molecule has 1 aliphatic rings. The number of amides is 1. The number of halogens is 1. The Hall–Kier alpha value is -0.103. The van der Waals surface area contributed by atoms with E-state index in [1.807, 2.05) is 0 Å². The lowest BCUT2D eigenvalue weighted by atomic mass is 10.1. The summed E-state index contributed by atoms with van der Waals surface area (Å²) in [6.45, 7) is 13.0. The van der Waals surface area contributed by atoms with Crippen LogP contribution in [0.1, 0.15) is 33.6 Å². The lowest BCUT2D eigenvalue weighted by Gasteiger charge is -2.38. The summed E-state index contributed by atoms with van der Waals surface area (Å²) in [5.74, 6) is -0.0615. The van der Waals surface area contributed by atoms with Crippen LogP contribution in [0.5, 0.6) is 0 Å². The molecule has 0 unspecified atom stereocenters. The van der Waals surface area contributed by atoms with Crippen molar-refractivity contribution in [3.63, 3.8) is 0 Å². The van der Waals surface area contributed by atoms with Crippen LogP contribution in [0.3, 0.4) is 0 Å². The molecule has 6 heteroatoms. The van der Waals surface area contributed by atoms with Crippen LogP contribution in [0, 0.1) is 0 Å². The Kier molecular flexibility index (Phi) is 6.50. The van der Waals surface area contributed by atoms with Crippen molar-refractivity contribution in [2.24, 2.45) is 0 Å². The maximum Gasteiger partial charge on any atom is 0.234 e. The summed E-state index contributed by atoms with van der Waals surface area (Å²) in [5.41, 5.74) is 0. The van der Waals surface area contributed by atoms with Crippen LogP contribution in [-0.2, 0) is 9.22 Å². The molecule has 1 aliphatic heterocycles. The van der Waals surface area contributed by atoms with Crippen molar-refractivity contribution in [3.8, 4) is 0 Å². The topological polar surface area (TPSA) is 50.4 Å². The minimum Gasteiger partial charge on any atom is -0.413 e. The molecule has 0 bridgehead atoms. The highest BCUT2D eigenvalue weighted by atomic mass is 35.5. The molecule has 1 fully saturated rings. The highest BCUT2D eigenvalue weighted by Crippen LogP contribution is 2.38. The molecule has 2 N–H and O–H groups in total. The normalized spacial score (nSPS) is 23.9. The molecule has 4 nitrogen and oxygen atoms in total. The van der Waals surface area contributed by atoms with Crippen molar-refractivity contribution in [3.05, 3.63) is 0 Å². The van der Waals surface area contributed by atoms with Crippen molar-refractivity contribution in [2.45, 2.75) is 63.9 Å². The van der Waals surface area contributed by atoms with Gasteiger partial charge < -0.3 is 15.1 Å². The summed E-state index contributed by atoms with van der Waals surface area (Å²) in [7, 11) is -1.68. The average molecular weight is 321 g/mol. The number of nitrogens with one attached hydrogen (secondary N) is 2. The third-order valence-corrected chi connectivity index (χ3v) is 9.16. The van der Waals surface area contributed by atoms with Crippen LogP contribution in [-0.4, -0.2) is 45.3 Å². The van der Waals surface area contributed by atoms with E-state index in [-0.39, 0.29) is 16.8 Å². The SMILES string of the molecule is CC(C)(C)[Si](C)(C)O[C@H]1CN[C@@H](CCNC(=O)CCl)C1. The summed E-state index contributed by atoms with van der Waals surface area (Å²) >= 11 is 5.44. The second-order valence-corrected chi connectivity index (χ2v) is 12.1. The van der Waals surface area contributed by atoms with Gasteiger partial charge in [0.25, 0.3) is 0 Å². The Balaban J connectivity index is 2.31. The molecule has 1 saturated heterocycles. The molecule has 1 heterocycles. The van der Waals surface area contributed by atoms with E-state index in [2.05, 4.69) is 44.5 Å². The molecule has 0 aromatic carbocycles. The molecule has 1 rings (SSSR count). The standard InChI is InChI=1S/C14H29ClN2O2Si/c1-14(2,3)20(4,5)19-12-8-11(17-10-12)6-7-16-13(18)9-15/h11-12,17H,6-10H2,1-5H3,(H,16,18)/t11-,12+/m0/s1. The second-order valence-electron chi connectivity index (χ2n) is 7.11. The van der Waals surface area contributed by atoms with E-state index in [0.29, 0.717) is 18.7 Å². The fourth-order valence-electron chi connectivity index (χ4n) is 2.12. The first-order valence-corrected chi connectivity index (χ1v) is 10.8. The first kappa shape index (κ1) is 17.9. The van der Waals surface area contributed by atoms with Crippen LogP contribution in [0.15, 0.2) is 0 Å². The van der Waals surface area contributed by atoms with Crippen molar-refractivity contribution in [2.75, 3.05) is 19.0 Å². The van der Waals surface area contributed by atoms with E-state index >= 15 is 0 Å². The number of hydrogen-bond donors (Lipinski definition) is 2. The van der Waals surface area contributed by atoms with E-state index in [4.69, 9.17) is 16.0 Å². The lowest BCUT2D eigenvalue weighted by molar-refractivity contribution is -0.118. The van der Waals surface area contributed by atoms with E-state index in [1.54, 1.807) is 0 Å². The molecule has 0 aliphatic carbocycles. The van der Waals surface area contributed by atoms with Gasteiger partial charge in [0.2, 0.25) is 5.91 Å². The molecule has 20 heavy (non-hydrogen) atoms. The molecule has 1 amide bonds. The molecule has 0 aromatic rings. The third-order valence-electron chi connectivity index (χ3n) is 4.39. The summed E-state index contributed by atoms with van der Waals surface area (Å²) < 4.78 is 6.41. The van der Waals surface area contributed by atoms with Crippen molar-refractivity contribution >= 4 is 25.8 Å². The van der Waals surface area contributed by atoms with Gasteiger partial charge in [-0.3, -0.25) is 4.79 Å². The Morgan fingerprint density at radius 1 is 1.45 bits per heavy atom. The Morgan fingerprint density at radius 2 is 2.10 bits per heavy atom. The highest BCUT2D eigenvalue weighted by Gasteiger charge is 2.40. The van der Waals surface area contributed by atoms with E-state index < -0.39 is 8.32 Å². The van der Waals surface area contributed by atoms with Crippen LogP contribution in [0.2, 0.25) is 18.1 Å². The number of rotatable bonds is 6. The van der Waals surface area contributed by atoms with Gasteiger partial charge in [-0.25, -0.2) is 0 Å². The molecule has 118 valence electrons. The minimum absolute atomic E-state index is 0.0369. The van der Waals surface area contributed by atoms with Gasteiger partial charge in [-0.05, 0) is 31.0 Å². The number of carbonyl (C=O) groups is 1. The predicted octanol–water partition coefficient (Wildman–Crippen LogP) is 2.48. The highest BCUT2D eigenvalue weighted by molar-refractivity contribution is 6.74. The zero-order chi connectivity index (χ0) is 15.4. The predicted molar refractivity (Wildman–Crippen MR) is 86.8 cm³/mol. The number of carbonyl (C=O) groups excluding carboxylic acids is 1. The first-order chi connectivity index (χ1) is 9.15. The molecule has 2 atom stereocenters. The summed E-state index contributed by atoms with van der Waals surface area (Å²) in [4.78, 5) is 11.1. The molecule has 0 radical (unpaired) electrons. The Morgan fingerprint density at radius 3 is 2.65 bits per heavy atom. The fraction of sp³-hybridized carbons (Fsp3) is 0.929. The van der Waals surface area contributed by atoms with Crippen LogP contribution in [0.25, 0.3) is 0 Å². The van der Waals surface area contributed by atoms with Crippen molar-refractivity contribution < 1.29 is 9.22 Å². The van der Waals surface area contributed by atoms with E-state index in [1.165, 1.54) is 0 Å². The van der Waals surface area contributed by atoms with E-state index in [0.717, 1.165) is 19.4 Å². The summed E-state index contributed by atoms with van der Waals surface area (Å²) in [6, 6.07) is 0.431. The van der Waals surface area contributed by atoms with Gasteiger partial charge in [-0.2, -0.15) is 0 Å². The van der Waals surface area contributed by atoms with Gasteiger partial charge in [0.15, 0.2) is 8.32 Å². The summed E-state index contributed by atoms with van der Waals surface area (Å²) in [5, 5.41) is 6.54. The van der Waals surface area contributed by atoms with Crippen LogP contribution < -0.4 is 10.6 Å². The lowest BCUT2D eigenvalue weighted by Crippen LogP contribution is -2.44. The van der Waals surface area contributed by atoms with Gasteiger partial charge in [0, 0.05) is 19.1 Å². The second kappa shape index (κ2) is 7.25. The van der Waals surface area contributed by atoms with Crippen LogP contribution >= 0.6 is 11.6 Å². The van der Waals surface area contributed by atoms with E-state index in [9.17, 15) is 4.79 Å².